The van der Waals surface area contributed by atoms with Crippen molar-refractivity contribution in [3.05, 3.63) is 70.8 Å². The first kappa shape index (κ1) is 17.6. The number of amides is 1. The number of morpholine rings is 1. The molecule has 1 amide bonds. The molecule has 25 heavy (non-hydrogen) atoms. The molecule has 0 bridgehead atoms. The maximum atomic E-state index is 12.9. The minimum Gasteiger partial charge on any atom is -0.379 e. The molecule has 0 saturated carbocycles. The summed E-state index contributed by atoms with van der Waals surface area (Å²) < 4.78 is 5.44. The first-order valence-corrected chi connectivity index (χ1v) is 8.87. The first-order valence-electron chi connectivity index (χ1n) is 8.87. The van der Waals surface area contributed by atoms with Gasteiger partial charge in [0.05, 0.1) is 19.3 Å². The molecule has 0 spiro atoms. The van der Waals surface area contributed by atoms with Gasteiger partial charge in [-0.25, -0.2) is 0 Å². The van der Waals surface area contributed by atoms with Crippen LogP contribution in [0.3, 0.4) is 0 Å². The van der Waals surface area contributed by atoms with Gasteiger partial charge < -0.3 is 10.1 Å². The third-order valence-electron chi connectivity index (χ3n) is 4.90. The van der Waals surface area contributed by atoms with E-state index in [4.69, 9.17) is 4.74 Å². The van der Waals surface area contributed by atoms with Crippen LogP contribution in [0, 0.1) is 13.8 Å². The molecule has 0 radical (unpaired) electrons. The maximum Gasteiger partial charge on any atom is 0.252 e. The maximum absolute atomic E-state index is 12.9. The van der Waals surface area contributed by atoms with Crippen LogP contribution in [0.2, 0.25) is 0 Å². The fourth-order valence-corrected chi connectivity index (χ4v) is 3.19. The van der Waals surface area contributed by atoms with Gasteiger partial charge in [-0.1, -0.05) is 42.5 Å². The van der Waals surface area contributed by atoms with E-state index in [-0.39, 0.29) is 11.9 Å². The Morgan fingerprint density at radius 1 is 1.08 bits per heavy atom. The SMILES string of the molecule is Cc1cccc(C(=O)NC(CN2CCOCC2)c2ccccc2)c1C. The second kappa shape index (κ2) is 8.28. The lowest BCUT2D eigenvalue weighted by molar-refractivity contribution is 0.0332. The van der Waals surface area contributed by atoms with E-state index in [0.29, 0.717) is 0 Å². The number of rotatable bonds is 5. The molecule has 4 heteroatoms. The number of nitrogens with one attached hydrogen (secondary N) is 1. The van der Waals surface area contributed by atoms with Gasteiger partial charge in [0, 0.05) is 25.2 Å². The van der Waals surface area contributed by atoms with Crippen LogP contribution in [-0.2, 0) is 4.74 Å². The third kappa shape index (κ3) is 4.47. The number of carbonyl (C=O) groups is 1. The van der Waals surface area contributed by atoms with Crippen LogP contribution in [0.4, 0.5) is 0 Å². The van der Waals surface area contributed by atoms with E-state index in [0.717, 1.165) is 55.1 Å². The summed E-state index contributed by atoms with van der Waals surface area (Å²) in [7, 11) is 0. The van der Waals surface area contributed by atoms with Crippen LogP contribution in [-0.4, -0.2) is 43.7 Å². The molecule has 2 aromatic rings. The van der Waals surface area contributed by atoms with Crippen molar-refractivity contribution in [2.45, 2.75) is 19.9 Å². The van der Waals surface area contributed by atoms with E-state index in [1.807, 2.05) is 50.2 Å². The third-order valence-corrected chi connectivity index (χ3v) is 4.90. The largest absolute Gasteiger partial charge is 0.379 e. The summed E-state index contributed by atoms with van der Waals surface area (Å²) in [5.74, 6) is -0.0108. The topological polar surface area (TPSA) is 41.6 Å². The zero-order chi connectivity index (χ0) is 17.6. The van der Waals surface area contributed by atoms with Crippen molar-refractivity contribution in [1.29, 1.82) is 0 Å². The normalized spacial score (nSPS) is 16.4. The average molecular weight is 338 g/mol. The molecule has 1 aliphatic heterocycles. The number of ether oxygens (including phenoxy) is 1. The van der Waals surface area contributed by atoms with Gasteiger partial charge >= 0.3 is 0 Å². The Morgan fingerprint density at radius 3 is 2.52 bits per heavy atom. The minimum absolute atomic E-state index is 0.0108. The molecule has 1 fully saturated rings. The van der Waals surface area contributed by atoms with Gasteiger partial charge in [0.1, 0.15) is 0 Å². The first-order chi connectivity index (χ1) is 12.1. The number of carbonyl (C=O) groups excluding carboxylic acids is 1. The second-order valence-corrected chi connectivity index (χ2v) is 6.60. The van der Waals surface area contributed by atoms with Crippen LogP contribution in [0.25, 0.3) is 0 Å². The Hall–Kier alpha value is -2.17. The smallest absolute Gasteiger partial charge is 0.252 e. The number of benzene rings is 2. The Morgan fingerprint density at radius 2 is 1.80 bits per heavy atom. The van der Waals surface area contributed by atoms with Gasteiger partial charge in [-0.3, -0.25) is 9.69 Å². The monoisotopic (exact) mass is 338 g/mol. The van der Waals surface area contributed by atoms with Gasteiger partial charge in [-0.05, 0) is 36.6 Å². The molecule has 1 unspecified atom stereocenters. The van der Waals surface area contributed by atoms with E-state index in [1.165, 1.54) is 0 Å². The highest BCUT2D eigenvalue weighted by Crippen LogP contribution is 2.18. The Labute approximate surface area is 149 Å². The second-order valence-electron chi connectivity index (χ2n) is 6.60. The van der Waals surface area contributed by atoms with Crippen LogP contribution in [0.15, 0.2) is 48.5 Å². The number of nitrogens with zero attached hydrogens (tertiary/aromatic N) is 1. The van der Waals surface area contributed by atoms with Crippen molar-refractivity contribution in [3.8, 4) is 0 Å². The van der Waals surface area contributed by atoms with Crippen LogP contribution in [0.5, 0.6) is 0 Å². The van der Waals surface area contributed by atoms with E-state index >= 15 is 0 Å². The summed E-state index contributed by atoms with van der Waals surface area (Å²) in [5, 5.41) is 3.24. The zero-order valence-electron chi connectivity index (χ0n) is 15.0. The quantitative estimate of drug-likeness (QED) is 0.911. The summed E-state index contributed by atoms with van der Waals surface area (Å²) in [6, 6.07) is 16.0. The van der Waals surface area contributed by atoms with Crippen LogP contribution < -0.4 is 5.32 Å². The molecule has 1 atom stereocenters. The molecular formula is C21H26N2O2. The Kier molecular flexibility index (Phi) is 5.84. The lowest BCUT2D eigenvalue weighted by Crippen LogP contribution is -2.43. The molecule has 1 heterocycles. The highest BCUT2D eigenvalue weighted by Gasteiger charge is 2.21. The Balaban J connectivity index is 1.79. The van der Waals surface area contributed by atoms with Gasteiger partial charge in [0.15, 0.2) is 0 Å². The molecule has 1 N–H and O–H groups in total. The number of aryl methyl sites for hydroxylation is 1. The highest BCUT2D eigenvalue weighted by molar-refractivity contribution is 5.96. The predicted octanol–water partition coefficient (Wildman–Crippen LogP) is 3.11. The van der Waals surface area contributed by atoms with E-state index in [9.17, 15) is 4.79 Å². The lowest BCUT2D eigenvalue weighted by Gasteiger charge is -2.31. The van der Waals surface area contributed by atoms with Gasteiger partial charge in [-0.2, -0.15) is 0 Å². The molecular weight excluding hydrogens is 312 g/mol. The number of hydrogen-bond acceptors (Lipinski definition) is 3. The van der Waals surface area contributed by atoms with Gasteiger partial charge in [0.25, 0.3) is 5.91 Å². The van der Waals surface area contributed by atoms with Gasteiger partial charge in [0.2, 0.25) is 0 Å². The Bertz CT molecular complexity index is 709. The van der Waals surface area contributed by atoms with Crippen LogP contribution in [0.1, 0.15) is 33.1 Å². The molecule has 1 saturated heterocycles. The molecule has 2 aromatic carbocycles. The molecule has 4 nitrogen and oxygen atoms in total. The minimum atomic E-state index is -0.0355. The summed E-state index contributed by atoms with van der Waals surface area (Å²) in [6.07, 6.45) is 0. The van der Waals surface area contributed by atoms with E-state index in [2.05, 4.69) is 22.3 Å². The van der Waals surface area contributed by atoms with Crippen molar-refractivity contribution < 1.29 is 9.53 Å². The summed E-state index contributed by atoms with van der Waals surface area (Å²) >= 11 is 0. The average Bonchev–Trinajstić information content (AvgIpc) is 2.65. The summed E-state index contributed by atoms with van der Waals surface area (Å²) in [4.78, 5) is 15.2. The van der Waals surface area contributed by atoms with Gasteiger partial charge in [-0.15, -0.1) is 0 Å². The molecule has 1 aliphatic rings. The summed E-state index contributed by atoms with van der Waals surface area (Å²) in [5.41, 5.74) is 4.06. The molecule has 0 aromatic heterocycles. The van der Waals surface area contributed by atoms with E-state index in [1.54, 1.807) is 0 Å². The van der Waals surface area contributed by atoms with Crippen molar-refractivity contribution in [2.75, 3.05) is 32.8 Å². The van der Waals surface area contributed by atoms with E-state index < -0.39 is 0 Å². The fraction of sp³-hybridized carbons (Fsp3) is 0.381. The van der Waals surface area contributed by atoms with Crippen LogP contribution >= 0.6 is 0 Å². The predicted molar refractivity (Wildman–Crippen MR) is 99.8 cm³/mol. The molecule has 0 aliphatic carbocycles. The molecule has 3 rings (SSSR count). The number of hydrogen-bond donors (Lipinski definition) is 1. The lowest BCUT2D eigenvalue weighted by atomic mass is 10.0. The van der Waals surface area contributed by atoms with Crippen molar-refractivity contribution >= 4 is 5.91 Å². The zero-order valence-corrected chi connectivity index (χ0v) is 15.0. The molecule has 132 valence electrons. The van der Waals surface area contributed by atoms with Crippen molar-refractivity contribution in [3.63, 3.8) is 0 Å². The van der Waals surface area contributed by atoms with Crippen molar-refractivity contribution in [1.82, 2.24) is 10.2 Å². The van der Waals surface area contributed by atoms with Crippen molar-refractivity contribution in [2.24, 2.45) is 0 Å². The fourth-order valence-electron chi connectivity index (χ4n) is 3.19. The standard InChI is InChI=1S/C21H26N2O2/c1-16-7-6-10-19(17(16)2)21(24)22-20(18-8-4-3-5-9-18)15-23-11-13-25-14-12-23/h3-10,20H,11-15H2,1-2H3,(H,22,24). The summed E-state index contributed by atoms with van der Waals surface area (Å²) in [6.45, 7) is 8.16. The highest BCUT2D eigenvalue weighted by atomic mass is 16.5.